The molecule has 1 aromatic carbocycles. The smallest absolute Gasteiger partial charge is 0.419 e. The Hall–Kier alpha value is -3.72. The maximum absolute atomic E-state index is 12.9. The Morgan fingerprint density at radius 3 is 2.79 bits per heavy atom. The number of hydrogen-bond donors (Lipinski definition) is 1. The molecule has 1 amide bonds. The zero-order chi connectivity index (χ0) is 22.8. The Kier molecular flexibility index (Phi) is 5.78. The third-order valence-electron chi connectivity index (χ3n) is 6.20. The Morgan fingerprint density at radius 2 is 1.97 bits per heavy atom. The zero-order valence-corrected chi connectivity index (χ0v) is 18.4. The summed E-state index contributed by atoms with van der Waals surface area (Å²) < 4.78 is 12.2. The second-order valence-corrected chi connectivity index (χ2v) is 8.17. The number of fused-ring (bicyclic) bond motifs is 2. The molecule has 9 heteroatoms. The molecule has 5 rings (SSSR count). The van der Waals surface area contributed by atoms with Crippen LogP contribution in [0.25, 0.3) is 22.1 Å². The van der Waals surface area contributed by atoms with E-state index >= 15 is 0 Å². The van der Waals surface area contributed by atoms with Crippen molar-refractivity contribution in [2.75, 3.05) is 32.1 Å². The number of likely N-dealkylation sites (tertiary alicyclic amines) is 1. The van der Waals surface area contributed by atoms with E-state index in [1.54, 1.807) is 36.1 Å². The maximum Gasteiger partial charge on any atom is 0.419 e. The number of carbonyl (C=O) groups excluding carboxylic acids is 1. The van der Waals surface area contributed by atoms with Crippen LogP contribution in [0.4, 0.5) is 5.69 Å². The van der Waals surface area contributed by atoms with Gasteiger partial charge in [-0.1, -0.05) is 12.1 Å². The van der Waals surface area contributed by atoms with E-state index in [0.717, 1.165) is 38.0 Å². The van der Waals surface area contributed by atoms with Crippen molar-refractivity contribution in [2.24, 2.45) is 5.92 Å². The normalized spacial score (nSPS) is 15.2. The molecule has 1 aliphatic heterocycles. The first kappa shape index (κ1) is 21.1. The third kappa shape index (κ3) is 4.31. The predicted molar refractivity (Wildman–Crippen MR) is 124 cm³/mol. The van der Waals surface area contributed by atoms with Gasteiger partial charge in [0, 0.05) is 31.3 Å². The molecule has 0 atom stereocenters. The van der Waals surface area contributed by atoms with Gasteiger partial charge in [-0.15, -0.1) is 0 Å². The summed E-state index contributed by atoms with van der Waals surface area (Å²) in [5.74, 6) is 0.0560. The molecule has 1 fully saturated rings. The van der Waals surface area contributed by atoms with Crippen molar-refractivity contribution in [2.45, 2.75) is 19.4 Å². The van der Waals surface area contributed by atoms with E-state index in [1.165, 1.54) is 0 Å². The number of anilines is 1. The molecule has 9 nitrogen and oxygen atoms in total. The number of amides is 1. The van der Waals surface area contributed by atoms with Crippen molar-refractivity contribution in [3.63, 3.8) is 0 Å². The number of para-hydroxylation sites is 2. The molecule has 1 N–H and O–H groups in total. The van der Waals surface area contributed by atoms with Crippen molar-refractivity contribution < 1.29 is 13.9 Å². The largest absolute Gasteiger partial charge is 0.481 e. The molecule has 0 unspecified atom stereocenters. The first-order valence-corrected chi connectivity index (χ1v) is 11.0. The molecule has 4 aromatic rings. The molecule has 4 heterocycles. The molecule has 0 aliphatic carbocycles. The van der Waals surface area contributed by atoms with Crippen molar-refractivity contribution >= 4 is 33.7 Å². The van der Waals surface area contributed by atoms with Crippen LogP contribution >= 0.6 is 0 Å². The van der Waals surface area contributed by atoms with Gasteiger partial charge in [0.1, 0.15) is 5.52 Å². The highest BCUT2D eigenvalue weighted by molar-refractivity contribution is 6.00. The highest BCUT2D eigenvalue weighted by atomic mass is 16.5. The highest BCUT2D eigenvalue weighted by Crippen LogP contribution is 2.25. The van der Waals surface area contributed by atoms with Crippen molar-refractivity contribution in [1.82, 2.24) is 19.4 Å². The number of pyridine rings is 2. The SMILES string of the molecule is COc1ccc2nccc(NC(=O)C3CCN(CCn4c(=O)oc5ccccc54)CC3)c2n1. The lowest BCUT2D eigenvalue weighted by atomic mass is 9.96. The molecule has 170 valence electrons. The topological polar surface area (TPSA) is 102 Å². The molecule has 1 saturated heterocycles. The number of piperidine rings is 1. The second-order valence-electron chi connectivity index (χ2n) is 8.17. The summed E-state index contributed by atoms with van der Waals surface area (Å²) in [6, 6.07) is 12.8. The number of hydrogen-bond acceptors (Lipinski definition) is 7. The van der Waals surface area contributed by atoms with E-state index in [-0.39, 0.29) is 17.6 Å². The zero-order valence-electron chi connectivity index (χ0n) is 18.4. The van der Waals surface area contributed by atoms with Gasteiger partial charge in [-0.2, -0.15) is 0 Å². The van der Waals surface area contributed by atoms with Crippen LogP contribution in [-0.4, -0.2) is 52.1 Å². The van der Waals surface area contributed by atoms with Crippen LogP contribution in [0, 0.1) is 5.92 Å². The second kappa shape index (κ2) is 9.03. The van der Waals surface area contributed by atoms with Crippen LogP contribution in [0.5, 0.6) is 5.88 Å². The van der Waals surface area contributed by atoms with Crippen LogP contribution < -0.4 is 15.8 Å². The van der Waals surface area contributed by atoms with Gasteiger partial charge in [-0.3, -0.25) is 14.3 Å². The molecular formula is C24H25N5O4. The van der Waals surface area contributed by atoms with E-state index in [4.69, 9.17) is 9.15 Å². The van der Waals surface area contributed by atoms with E-state index in [9.17, 15) is 9.59 Å². The van der Waals surface area contributed by atoms with E-state index in [0.29, 0.717) is 34.7 Å². The number of aromatic nitrogens is 3. The molecule has 1 aliphatic rings. The summed E-state index contributed by atoms with van der Waals surface area (Å²) in [6.07, 6.45) is 3.18. The molecule has 0 radical (unpaired) electrons. The Morgan fingerprint density at radius 1 is 1.15 bits per heavy atom. The van der Waals surface area contributed by atoms with E-state index in [2.05, 4.69) is 20.2 Å². The molecule has 33 heavy (non-hydrogen) atoms. The average Bonchev–Trinajstić information content (AvgIpc) is 3.17. The Labute approximate surface area is 190 Å². The van der Waals surface area contributed by atoms with Crippen molar-refractivity contribution in [1.29, 1.82) is 0 Å². The minimum atomic E-state index is -0.333. The van der Waals surface area contributed by atoms with Gasteiger partial charge >= 0.3 is 5.76 Å². The van der Waals surface area contributed by atoms with Crippen LogP contribution in [0.15, 0.2) is 57.9 Å². The lowest BCUT2D eigenvalue weighted by molar-refractivity contribution is -0.121. The summed E-state index contributed by atoms with van der Waals surface area (Å²) in [6.45, 7) is 2.89. The maximum atomic E-state index is 12.9. The molecule has 3 aromatic heterocycles. The fourth-order valence-corrected chi connectivity index (χ4v) is 4.34. The Balaban J connectivity index is 1.19. The first-order valence-electron chi connectivity index (χ1n) is 11.0. The minimum Gasteiger partial charge on any atom is -0.481 e. The lowest BCUT2D eigenvalue weighted by Gasteiger charge is -2.31. The number of oxazole rings is 1. The Bertz CT molecular complexity index is 1350. The summed E-state index contributed by atoms with van der Waals surface area (Å²) in [7, 11) is 1.56. The number of ether oxygens (including phenoxy) is 1. The van der Waals surface area contributed by atoms with Crippen molar-refractivity contribution in [3.8, 4) is 5.88 Å². The van der Waals surface area contributed by atoms with Crippen LogP contribution in [-0.2, 0) is 11.3 Å². The van der Waals surface area contributed by atoms with Crippen LogP contribution in [0.3, 0.4) is 0 Å². The first-order chi connectivity index (χ1) is 16.1. The summed E-state index contributed by atoms with van der Waals surface area (Å²) in [5, 5.41) is 3.03. The van der Waals surface area contributed by atoms with Gasteiger partial charge < -0.3 is 19.4 Å². The van der Waals surface area contributed by atoms with Gasteiger partial charge in [0.05, 0.1) is 23.8 Å². The third-order valence-corrected chi connectivity index (χ3v) is 6.20. The molecule has 0 spiro atoms. The summed E-state index contributed by atoms with van der Waals surface area (Å²) in [5.41, 5.74) is 3.36. The fourth-order valence-electron chi connectivity index (χ4n) is 4.34. The molecular weight excluding hydrogens is 422 g/mol. The fraction of sp³-hybridized carbons (Fsp3) is 0.333. The number of rotatable bonds is 6. The van der Waals surface area contributed by atoms with Crippen molar-refractivity contribution in [3.05, 3.63) is 59.2 Å². The van der Waals surface area contributed by atoms with Gasteiger partial charge in [0.15, 0.2) is 5.58 Å². The van der Waals surface area contributed by atoms with Gasteiger partial charge in [-0.25, -0.2) is 9.78 Å². The monoisotopic (exact) mass is 447 g/mol. The van der Waals surface area contributed by atoms with E-state index in [1.807, 2.05) is 24.3 Å². The number of methoxy groups -OCH3 is 1. The van der Waals surface area contributed by atoms with Gasteiger partial charge in [0.2, 0.25) is 11.8 Å². The predicted octanol–water partition coefficient (Wildman–Crippen LogP) is 2.90. The average molecular weight is 447 g/mol. The van der Waals surface area contributed by atoms with Gasteiger partial charge in [0.25, 0.3) is 0 Å². The summed E-state index contributed by atoms with van der Waals surface area (Å²) in [4.78, 5) is 36.1. The number of nitrogens with zero attached hydrogens (tertiary/aromatic N) is 4. The number of benzene rings is 1. The number of carbonyl (C=O) groups is 1. The van der Waals surface area contributed by atoms with Gasteiger partial charge in [-0.05, 0) is 50.2 Å². The highest BCUT2D eigenvalue weighted by Gasteiger charge is 2.25. The number of nitrogens with one attached hydrogen (secondary N) is 1. The summed E-state index contributed by atoms with van der Waals surface area (Å²) >= 11 is 0. The molecule has 0 bridgehead atoms. The quantitative estimate of drug-likeness (QED) is 0.485. The van der Waals surface area contributed by atoms with E-state index < -0.39 is 0 Å². The molecule has 0 saturated carbocycles. The van der Waals surface area contributed by atoms with Crippen LogP contribution in [0.1, 0.15) is 12.8 Å². The van der Waals surface area contributed by atoms with Crippen LogP contribution in [0.2, 0.25) is 0 Å². The minimum absolute atomic E-state index is 0.0104. The lowest BCUT2D eigenvalue weighted by Crippen LogP contribution is -2.40. The standard InChI is InChI=1S/C24H25N5O4/c1-32-21-7-6-17-22(27-21)18(8-11-25-17)26-23(30)16-9-12-28(13-10-16)14-15-29-19-4-2-3-5-20(19)33-24(29)31/h2-8,11,16H,9-10,12-15H2,1H3,(H,25,26,30).